The van der Waals surface area contributed by atoms with Gasteiger partial charge in [-0.05, 0) is 64.2 Å². The molecule has 0 bridgehead atoms. The van der Waals surface area contributed by atoms with Crippen LogP contribution >= 0.6 is 11.3 Å². The molecule has 11 heteroatoms. The number of rotatable bonds is 14. The average molecular weight is 575 g/mol. The second-order valence-electron chi connectivity index (χ2n) is 9.92. The zero-order chi connectivity index (χ0) is 28.0. The van der Waals surface area contributed by atoms with Crippen LogP contribution in [0.15, 0.2) is 41.3 Å². The van der Waals surface area contributed by atoms with E-state index in [2.05, 4.69) is 18.7 Å². The largest absolute Gasteiger partial charge is 0.454 e. The van der Waals surface area contributed by atoms with Crippen LogP contribution in [0.5, 0.6) is 11.5 Å². The highest BCUT2D eigenvalue weighted by Crippen LogP contribution is 2.40. The third kappa shape index (κ3) is 6.89. The van der Waals surface area contributed by atoms with Gasteiger partial charge in [-0.3, -0.25) is 9.69 Å². The van der Waals surface area contributed by atoms with Gasteiger partial charge in [-0.1, -0.05) is 38.0 Å². The minimum absolute atomic E-state index is 0.190. The Morgan fingerprint density at radius 2 is 1.56 bits per heavy atom. The fourth-order valence-corrected chi connectivity index (χ4v) is 6.86. The summed E-state index contributed by atoms with van der Waals surface area (Å²) in [5.74, 6) is 1.10. The van der Waals surface area contributed by atoms with Crippen LogP contribution in [0.4, 0.5) is 5.13 Å². The second kappa shape index (κ2) is 13.1. The number of anilines is 1. The summed E-state index contributed by atoms with van der Waals surface area (Å²) >= 11 is 1.42. The van der Waals surface area contributed by atoms with Crippen LogP contribution in [0.1, 0.15) is 56.3 Å². The van der Waals surface area contributed by atoms with Crippen molar-refractivity contribution in [3.05, 3.63) is 42.0 Å². The van der Waals surface area contributed by atoms with Crippen molar-refractivity contribution in [1.82, 2.24) is 14.2 Å². The van der Waals surface area contributed by atoms with E-state index < -0.39 is 10.0 Å². The third-order valence-corrected chi connectivity index (χ3v) is 9.55. The zero-order valence-corrected chi connectivity index (χ0v) is 24.8. The van der Waals surface area contributed by atoms with Crippen LogP contribution in [0, 0.1) is 0 Å². The van der Waals surface area contributed by atoms with E-state index in [1.54, 1.807) is 33.5 Å². The highest BCUT2D eigenvalue weighted by Gasteiger charge is 2.26. The predicted molar refractivity (Wildman–Crippen MR) is 156 cm³/mol. The summed E-state index contributed by atoms with van der Waals surface area (Å²) in [6.45, 7) is 6.57. The van der Waals surface area contributed by atoms with Crippen molar-refractivity contribution in [2.45, 2.75) is 50.8 Å². The standard InChI is InChI=1S/C28H38N4O5S2/c1-5-7-15-31(16-8-6-2)39(34,35)22-12-10-21(11-13-22)27(33)32(17-9-14-30(3)4)28-29-23-18-24-25(37-20-36-24)19-26(23)38-28/h10-13,18-19H,5-9,14-17,20H2,1-4H3. The van der Waals surface area contributed by atoms with E-state index in [0.29, 0.717) is 41.8 Å². The summed E-state index contributed by atoms with van der Waals surface area (Å²) in [5.41, 5.74) is 1.16. The van der Waals surface area contributed by atoms with Gasteiger partial charge in [0, 0.05) is 37.3 Å². The Balaban J connectivity index is 1.60. The molecule has 2 heterocycles. The normalized spacial score (nSPS) is 13.1. The summed E-state index contributed by atoms with van der Waals surface area (Å²) < 4.78 is 40.2. The lowest BCUT2D eigenvalue weighted by Crippen LogP contribution is -2.34. The number of hydrogen-bond acceptors (Lipinski definition) is 8. The van der Waals surface area contributed by atoms with Gasteiger partial charge >= 0.3 is 0 Å². The summed E-state index contributed by atoms with van der Waals surface area (Å²) in [4.78, 5) is 22.5. The van der Waals surface area contributed by atoms with Gasteiger partial charge < -0.3 is 14.4 Å². The maximum atomic E-state index is 13.7. The molecule has 9 nitrogen and oxygen atoms in total. The van der Waals surface area contributed by atoms with Gasteiger partial charge in [0.2, 0.25) is 16.8 Å². The third-order valence-electron chi connectivity index (χ3n) is 6.60. The molecule has 0 unspecified atom stereocenters. The number of benzene rings is 2. The minimum Gasteiger partial charge on any atom is -0.454 e. The Labute approximate surface area is 235 Å². The molecule has 212 valence electrons. The number of carbonyl (C=O) groups is 1. The molecule has 1 aliphatic heterocycles. The second-order valence-corrected chi connectivity index (χ2v) is 12.9. The van der Waals surface area contributed by atoms with E-state index in [1.807, 2.05) is 26.2 Å². The molecule has 0 N–H and O–H groups in total. The highest BCUT2D eigenvalue weighted by atomic mass is 32.2. The fourth-order valence-electron chi connectivity index (χ4n) is 4.35. The van der Waals surface area contributed by atoms with E-state index in [4.69, 9.17) is 14.5 Å². The number of amides is 1. The molecular weight excluding hydrogens is 536 g/mol. The maximum absolute atomic E-state index is 13.7. The lowest BCUT2D eigenvalue weighted by molar-refractivity contribution is 0.0986. The van der Waals surface area contributed by atoms with Crippen molar-refractivity contribution in [1.29, 1.82) is 0 Å². The average Bonchev–Trinajstić information content (AvgIpc) is 3.55. The van der Waals surface area contributed by atoms with Crippen molar-refractivity contribution in [3.63, 3.8) is 0 Å². The Kier molecular flexibility index (Phi) is 9.81. The number of carbonyl (C=O) groups excluding carboxylic acids is 1. The molecule has 0 spiro atoms. The minimum atomic E-state index is -3.64. The van der Waals surface area contributed by atoms with Crippen molar-refractivity contribution < 1.29 is 22.7 Å². The van der Waals surface area contributed by atoms with E-state index in [0.717, 1.165) is 48.9 Å². The molecule has 0 aliphatic carbocycles. The van der Waals surface area contributed by atoms with Crippen LogP contribution in [0.3, 0.4) is 0 Å². The molecular formula is C28H38N4O5S2. The Morgan fingerprint density at radius 3 is 2.18 bits per heavy atom. The molecule has 4 rings (SSSR count). The number of ether oxygens (including phenoxy) is 2. The van der Waals surface area contributed by atoms with Crippen LogP contribution < -0.4 is 14.4 Å². The molecule has 1 aromatic heterocycles. The number of sulfonamides is 1. The molecule has 1 amide bonds. The van der Waals surface area contributed by atoms with Gasteiger partial charge in [0.15, 0.2) is 16.6 Å². The maximum Gasteiger partial charge on any atom is 0.260 e. The van der Waals surface area contributed by atoms with Gasteiger partial charge in [0.25, 0.3) is 5.91 Å². The van der Waals surface area contributed by atoms with Gasteiger partial charge in [-0.2, -0.15) is 4.31 Å². The van der Waals surface area contributed by atoms with Gasteiger partial charge in [0.05, 0.1) is 15.1 Å². The van der Waals surface area contributed by atoms with Gasteiger partial charge in [0.1, 0.15) is 0 Å². The first kappa shape index (κ1) is 29.3. The van der Waals surface area contributed by atoms with Crippen LogP contribution in [-0.2, 0) is 10.0 Å². The number of thiazole rings is 1. The monoisotopic (exact) mass is 574 g/mol. The van der Waals surface area contributed by atoms with E-state index in [9.17, 15) is 13.2 Å². The molecule has 2 aromatic carbocycles. The summed E-state index contributed by atoms with van der Waals surface area (Å²) in [7, 11) is 0.352. The molecule has 3 aromatic rings. The topological polar surface area (TPSA) is 92.3 Å². The first-order chi connectivity index (χ1) is 18.7. The van der Waals surface area contributed by atoms with Crippen molar-refractivity contribution in [3.8, 4) is 11.5 Å². The first-order valence-electron chi connectivity index (χ1n) is 13.5. The molecule has 0 atom stereocenters. The molecule has 0 fully saturated rings. The lowest BCUT2D eigenvalue weighted by Gasteiger charge is -2.23. The van der Waals surface area contributed by atoms with Crippen molar-refractivity contribution in [2.75, 3.05) is 52.0 Å². The molecule has 0 saturated heterocycles. The van der Waals surface area contributed by atoms with Crippen LogP contribution in [-0.4, -0.2) is 75.6 Å². The molecule has 1 aliphatic rings. The summed E-state index contributed by atoms with van der Waals surface area (Å²) in [6.07, 6.45) is 4.22. The Bertz CT molecular complexity index is 1320. The number of unbranched alkanes of at least 4 members (excludes halogenated alkanes) is 2. The van der Waals surface area contributed by atoms with E-state index in [-0.39, 0.29) is 17.6 Å². The quantitative estimate of drug-likeness (QED) is 0.261. The predicted octanol–water partition coefficient (Wildman–Crippen LogP) is 5.21. The number of fused-ring (bicyclic) bond motifs is 2. The van der Waals surface area contributed by atoms with Gasteiger partial charge in [-0.25, -0.2) is 13.4 Å². The smallest absolute Gasteiger partial charge is 0.260 e. The van der Waals surface area contributed by atoms with Crippen molar-refractivity contribution in [2.24, 2.45) is 0 Å². The number of nitrogens with zero attached hydrogens (tertiary/aromatic N) is 4. The number of hydrogen-bond donors (Lipinski definition) is 0. The molecule has 0 saturated carbocycles. The van der Waals surface area contributed by atoms with Crippen LogP contribution in [0.2, 0.25) is 0 Å². The zero-order valence-electron chi connectivity index (χ0n) is 23.2. The van der Waals surface area contributed by atoms with Crippen molar-refractivity contribution >= 4 is 42.6 Å². The summed E-state index contributed by atoms with van der Waals surface area (Å²) in [6, 6.07) is 10.0. The fraction of sp³-hybridized carbons (Fsp3) is 0.500. The molecule has 0 radical (unpaired) electrons. The molecule has 39 heavy (non-hydrogen) atoms. The van der Waals surface area contributed by atoms with E-state index in [1.165, 1.54) is 11.3 Å². The van der Waals surface area contributed by atoms with Gasteiger partial charge in [-0.15, -0.1) is 0 Å². The Hall–Kier alpha value is -2.73. The first-order valence-corrected chi connectivity index (χ1v) is 15.8. The highest BCUT2D eigenvalue weighted by molar-refractivity contribution is 7.89. The number of aromatic nitrogens is 1. The lowest BCUT2D eigenvalue weighted by atomic mass is 10.2. The SMILES string of the molecule is CCCCN(CCCC)S(=O)(=O)c1ccc(C(=O)N(CCCN(C)C)c2nc3cc4c(cc3s2)OCO4)cc1. The Morgan fingerprint density at radius 1 is 0.923 bits per heavy atom. The van der Waals surface area contributed by atoms with Crippen LogP contribution in [0.25, 0.3) is 10.2 Å². The van der Waals surface area contributed by atoms with E-state index >= 15 is 0 Å². The summed E-state index contributed by atoms with van der Waals surface area (Å²) in [5, 5.41) is 0.583.